The number of halogens is 2. The SMILES string of the molecule is CN(c1ccc(-c2ccc(-c3cnn(C)c3)cc2O)nn1)[C@@H]1CCC(F)(F)C1. The van der Waals surface area contributed by atoms with Crippen molar-refractivity contribution in [2.75, 3.05) is 11.9 Å². The van der Waals surface area contributed by atoms with Crippen LogP contribution in [0, 0.1) is 0 Å². The van der Waals surface area contributed by atoms with Gasteiger partial charge in [0.1, 0.15) is 5.75 Å². The van der Waals surface area contributed by atoms with Gasteiger partial charge in [0.05, 0.1) is 11.9 Å². The van der Waals surface area contributed by atoms with Gasteiger partial charge in [-0.05, 0) is 36.2 Å². The van der Waals surface area contributed by atoms with Crippen LogP contribution in [0.3, 0.4) is 0 Å². The van der Waals surface area contributed by atoms with Gasteiger partial charge in [0.2, 0.25) is 5.92 Å². The highest BCUT2D eigenvalue weighted by atomic mass is 19.3. The van der Waals surface area contributed by atoms with Crippen molar-refractivity contribution < 1.29 is 13.9 Å². The molecule has 0 saturated heterocycles. The first-order valence-electron chi connectivity index (χ1n) is 9.09. The van der Waals surface area contributed by atoms with Crippen LogP contribution in [0.4, 0.5) is 14.6 Å². The van der Waals surface area contributed by atoms with E-state index in [-0.39, 0.29) is 24.6 Å². The zero-order valence-electron chi connectivity index (χ0n) is 15.7. The van der Waals surface area contributed by atoms with Crippen LogP contribution >= 0.6 is 0 Å². The van der Waals surface area contributed by atoms with Gasteiger partial charge < -0.3 is 10.0 Å². The molecule has 146 valence electrons. The van der Waals surface area contributed by atoms with E-state index in [1.807, 2.05) is 19.3 Å². The molecule has 1 N–H and O–H groups in total. The lowest BCUT2D eigenvalue weighted by Crippen LogP contribution is -2.31. The fourth-order valence-corrected chi connectivity index (χ4v) is 3.60. The molecule has 0 bridgehead atoms. The number of aromatic nitrogens is 4. The highest BCUT2D eigenvalue weighted by molar-refractivity contribution is 5.73. The Labute approximate surface area is 161 Å². The summed E-state index contributed by atoms with van der Waals surface area (Å²) in [6.45, 7) is 0. The molecule has 1 aliphatic rings. The van der Waals surface area contributed by atoms with Gasteiger partial charge >= 0.3 is 0 Å². The van der Waals surface area contributed by atoms with E-state index in [4.69, 9.17) is 0 Å². The van der Waals surface area contributed by atoms with Crippen LogP contribution in [-0.4, -0.2) is 44.1 Å². The number of aryl methyl sites for hydroxylation is 1. The lowest BCUT2D eigenvalue weighted by atomic mass is 10.0. The molecule has 3 aromatic rings. The van der Waals surface area contributed by atoms with Crippen LogP contribution in [0.5, 0.6) is 5.75 Å². The molecule has 0 aliphatic heterocycles. The third-order valence-corrected chi connectivity index (χ3v) is 5.25. The summed E-state index contributed by atoms with van der Waals surface area (Å²) in [4.78, 5) is 1.75. The summed E-state index contributed by atoms with van der Waals surface area (Å²) in [5.41, 5.74) is 2.83. The highest BCUT2D eigenvalue weighted by Gasteiger charge is 2.41. The fraction of sp³-hybridized carbons (Fsp3) is 0.350. The van der Waals surface area contributed by atoms with Crippen molar-refractivity contribution in [3.8, 4) is 28.1 Å². The Bertz CT molecular complexity index is 987. The number of hydrogen-bond acceptors (Lipinski definition) is 5. The number of rotatable bonds is 4. The molecule has 4 rings (SSSR count). The van der Waals surface area contributed by atoms with Gasteiger partial charge in [0.15, 0.2) is 5.82 Å². The number of alkyl halides is 2. The molecule has 6 nitrogen and oxygen atoms in total. The van der Waals surface area contributed by atoms with Gasteiger partial charge in [0.25, 0.3) is 0 Å². The third-order valence-electron chi connectivity index (χ3n) is 5.25. The molecule has 0 amide bonds. The predicted octanol–water partition coefficient (Wildman–Crippen LogP) is 3.87. The topological polar surface area (TPSA) is 67.1 Å². The van der Waals surface area contributed by atoms with Crippen LogP contribution in [0.25, 0.3) is 22.4 Å². The summed E-state index contributed by atoms with van der Waals surface area (Å²) in [5.74, 6) is -1.97. The number of phenolic OH excluding ortho intramolecular Hbond substituents is 1. The van der Waals surface area contributed by atoms with Gasteiger partial charge in [-0.1, -0.05) is 6.07 Å². The molecule has 28 heavy (non-hydrogen) atoms. The Morgan fingerprint density at radius 1 is 1.18 bits per heavy atom. The maximum Gasteiger partial charge on any atom is 0.250 e. The van der Waals surface area contributed by atoms with E-state index in [9.17, 15) is 13.9 Å². The van der Waals surface area contributed by atoms with E-state index in [1.54, 1.807) is 47.1 Å². The number of phenols is 1. The minimum absolute atomic E-state index is 0.0900. The Balaban J connectivity index is 1.54. The Morgan fingerprint density at radius 2 is 2.00 bits per heavy atom. The zero-order valence-corrected chi connectivity index (χ0v) is 15.7. The minimum atomic E-state index is -2.60. The van der Waals surface area contributed by atoms with Crippen LogP contribution in [0.15, 0.2) is 42.7 Å². The molecule has 1 aromatic carbocycles. The number of anilines is 1. The Kier molecular flexibility index (Phi) is 4.49. The van der Waals surface area contributed by atoms with Crippen molar-refractivity contribution in [3.05, 3.63) is 42.7 Å². The van der Waals surface area contributed by atoms with Gasteiger partial charge in [-0.2, -0.15) is 5.10 Å². The van der Waals surface area contributed by atoms with Crippen LogP contribution in [-0.2, 0) is 7.05 Å². The molecule has 1 fully saturated rings. The first kappa shape index (κ1) is 18.3. The monoisotopic (exact) mass is 385 g/mol. The predicted molar refractivity (Wildman–Crippen MR) is 102 cm³/mol. The number of hydrogen-bond donors (Lipinski definition) is 1. The van der Waals surface area contributed by atoms with Crippen LogP contribution in [0.1, 0.15) is 19.3 Å². The van der Waals surface area contributed by atoms with Crippen molar-refractivity contribution in [1.29, 1.82) is 0 Å². The molecule has 1 aliphatic carbocycles. The van der Waals surface area contributed by atoms with Crippen LogP contribution in [0.2, 0.25) is 0 Å². The molecule has 2 heterocycles. The van der Waals surface area contributed by atoms with Gasteiger partial charge in [0, 0.05) is 50.3 Å². The molecule has 0 radical (unpaired) electrons. The van der Waals surface area contributed by atoms with Gasteiger partial charge in [-0.3, -0.25) is 4.68 Å². The van der Waals surface area contributed by atoms with Crippen molar-refractivity contribution in [2.45, 2.75) is 31.2 Å². The van der Waals surface area contributed by atoms with Crippen molar-refractivity contribution in [2.24, 2.45) is 7.05 Å². The van der Waals surface area contributed by atoms with E-state index in [2.05, 4.69) is 15.3 Å². The third kappa shape index (κ3) is 3.54. The minimum Gasteiger partial charge on any atom is -0.507 e. The van der Waals surface area contributed by atoms with Crippen molar-refractivity contribution >= 4 is 5.82 Å². The maximum atomic E-state index is 13.5. The largest absolute Gasteiger partial charge is 0.507 e. The first-order valence-corrected chi connectivity index (χ1v) is 9.09. The van der Waals surface area contributed by atoms with E-state index < -0.39 is 5.92 Å². The second-order valence-electron chi connectivity index (χ2n) is 7.27. The molecule has 8 heteroatoms. The number of aromatic hydroxyl groups is 1. The molecule has 0 unspecified atom stereocenters. The summed E-state index contributed by atoms with van der Waals surface area (Å²) in [5, 5.41) is 22.9. The van der Waals surface area contributed by atoms with E-state index in [0.29, 0.717) is 23.5 Å². The smallest absolute Gasteiger partial charge is 0.250 e. The molecular weight excluding hydrogens is 364 g/mol. The standard InChI is InChI=1S/C20H21F2N5O/c1-26-12-14(11-23-26)13-3-4-16(18(28)9-13)17-5-6-19(25-24-17)27(2)15-7-8-20(21,22)10-15/h3-6,9,11-12,15,28H,7-8,10H2,1-2H3/t15-/m1/s1. The van der Waals surface area contributed by atoms with E-state index in [1.165, 1.54) is 0 Å². The second-order valence-corrected chi connectivity index (χ2v) is 7.27. The lowest BCUT2D eigenvalue weighted by Gasteiger charge is -2.25. The number of nitrogens with zero attached hydrogens (tertiary/aromatic N) is 5. The van der Waals surface area contributed by atoms with E-state index in [0.717, 1.165) is 11.1 Å². The normalized spacial score (nSPS) is 18.4. The fourth-order valence-electron chi connectivity index (χ4n) is 3.60. The molecule has 1 atom stereocenters. The zero-order chi connectivity index (χ0) is 19.9. The second kappa shape index (κ2) is 6.85. The quantitative estimate of drug-likeness (QED) is 0.738. The first-order chi connectivity index (χ1) is 13.3. The molecule has 0 spiro atoms. The van der Waals surface area contributed by atoms with E-state index >= 15 is 0 Å². The summed E-state index contributed by atoms with van der Waals surface area (Å²) >= 11 is 0. The average Bonchev–Trinajstić information content (AvgIpc) is 3.26. The van der Waals surface area contributed by atoms with Gasteiger partial charge in [-0.25, -0.2) is 8.78 Å². The molecule has 1 saturated carbocycles. The Morgan fingerprint density at radius 3 is 2.57 bits per heavy atom. The van der Waals surface area contributed by atoms with Crippen molar-refractivity contribution in [3.63, 3.8) is 0 Å². The van der Waals surface area contributed by atoms with Gasteiger partial charge in [-0.15, -0.1) is 10.2 Å². The summed E-state index contributed by atoms with van der Waals surface area (Å²) in [6, 6.07) is 8.56. The number of benzene rings is 1. The summed E-state index contributed by atoms with van der Waals surface area (Å²) in [6.07, 6.45) is 3.77. The van der Waals surface area contributed by atoms with Crippen LogP contribution < -0.4 is 4.90 Å². The summed E-state index contributed by atoms with van der Waals surface area (Å²) in [7, 11) is 3.59. The summed E-state index contributed by atoms with van der Waals surface area (Å²) < 4.78 is 28.6. The Hall–Kier alpha value is -3.03. The lowest BCUT2D eigenvalue weighted by molar-refractivity contribution is 0.00786. The maximum absolute atomic E-state index is 13.5. The highest BCUT2D eigenvalue weighted by Crippen LogP contribution is 2.38. The average molecular weight is 385 g/mol. The molecular formula is C20H21F2N5O. The van der Waals surface area contributed by atoms with Crippen molar-refractivity contribution in [1.82, 2.24) is 20.0 Å². The molecule has 2 aromatic heterocycles.